The summed E-state index contributed by atoms with van der Waals surface area (Å²) in [5, 5.41) is 10.1. The number of thiophene rings is 1. The average Bonchev–Trinajstić information content (AvgIpc) is 3.36. The van der Waals surface area contributed by atoms with Gasteiger partial charge >= 0.3 is 0 Å². The number of thiazole rings is 1. The predicted molar refractivity (Wildman–Crippen MR) is 113 cm³/mol. The van der Waals surface area contributed by atoms with Gasteiger partial charge in [0.25, 0.3) is 0 Å². The molecule has 1 atom stereocenters. The number of ether oxygens (including phenoxy) is 1. The van der Waals surface area contributed by atoms with Crippen LogP contribution in [0, 0.1) is 6.92 Å². The summed E-state index contributed by atoms with van der Waals surface area (Å²) in [5.74, 6) is 0.806. The van der Waals surface area contributed by atoms with Crippen molar-refractivity contribution in [1.82, 2.24) is 15.3 Å². The molecule has 1 unspecified atom stereocenters. The minimum atomic E-state index is 0.178. The largest absolute Gasteiger partial charge is 0.494 e. The standard InChI is InChI=1S/C21H21N3OS2/c1-14-13-27-21(23-14)18(11-17-6-4-10-26-17)22-12-16-9-8-15-5-3-7-19(25-2)20(15)24-16/h3-10,13,18,22H,11-12H2,1-2H3. The molecule has 0 aliphatic heterocycles. The fourth-order valence-electron chi connectivity index (χ4n) is 3.06. The van der Waals surface area contributed by atoms with Crippen LogP contribution >= 0.6 is 22.7 Å². The Kier molecular flexibility index (Phi) is 5.48. The molecule has 138 valence electrons. The van der Waals surface area contributed by atoms with Crippen LogP contribution in [0.1, 0.15) is 27.3 Å². The van der Waals surface area contributed by atoms with Crippen LogP contribution < -0.4 is 10.1 Å². The number of aryl methyl sites for hydroxylation is 1. The van der Waals surface area contributed by atoms with Crippen LogP contribution in [0.3, 0.4) is 0 Å². The lowest BCUT2D eigenvalue weighted by Gasteiger charge is -2.16. The van der Waals surface area contributed by atoms with Crippen molar-refractivity contribution in [3.05, 3.63) is 74.5 Å². The van der Waals surface area contributed by atoms with Crippen LogP contribution in [0.5, 0.6) is 5.75 Å². The minimum Gasteiger partial charge on any atom is -0.494 e. The number of nitrogens with zero attached hydrogens (tertiary/aromatic N) is 2. The highest BCUT2D eigenvalue weighted by molar-refractivity contribution is 7.10. The van der Waals surface area contributed by atoms with Crippen LogP contribution in [0.4, 0.5) is 0 Å². The number of benzene rings is 1. The van der Waals surface area contributed by atoms with E-state index in [1.807, 2.05) is 19.1 Å². The summed E-state index contributed by atoms with van der Waals surface area (Å²) in [6.07, 6.45) is 0.932. The molecular formula is C21H21N3OS2. The molecule has 0 spiro atoms. The van der Waals surface area contributed by atoms with Gasteiger partial charge in [-0.25, -0.2) is 9.97 Å². The van der Waals surface area contributed by atoms with E-state index >= 15 is 0 Å². The molecular weight excluding hydrogens is 374 g/mol. The smallest absolute Gasteiger partial charge is 0.145 e. The van der Waals surface area contributed by atoms with Crippen molar-refractivity contribution in [3.8, 4) is 5.75 Å². The number of hydrogen-bond acceptors (Lipinski definition) is 6. The third kappa shape index (κ3) is 4.18. The monoisotopic (exact) mass is 395 g/mol. The quantitative estimate of drug-likeness (QED) is 0.470. The van der Waals surface area contributed by atoms with E-state index in [1.165, 1.54) is 4.88 Å². The fraction of sp³-hybridized carbons (Fsp3) is 0.238. The zero-order valence-electron chi connectivity index (χ0n) is 15.3. The summed E-state index contributed by atoms with van der Waals surface area (Å²) < 4.78 is 5.46. The van der Waals surface area contributed by atoms with Crippen LogP contribution in [0.2, 0.25) is 0 Å². The molecule has 0 aliphatic carbocycles. The Labute approximate surface area is 166 Å². The first kappa shape index (κ1) is 18.1. The summed E-state index contributed by atoms with van der Waals surface area (Å²) in [6.45, 7) is 2.72. The van der Waals surface area contributed by atoms with Gasteiger partial charge in [-0.15, -0.1) is 22.7 Å². The molecule has 4 aromatic rings. The molecule has 0 radical (unpaired) electrons. The Morgan fingerprint density at radius 1 is 1.07 bits per heavy atom. The van der Waals surface area contributed by atoms with E-state index in [1.54, 1.807) is 29.8 Å². The van der Waals surface area contributed by atoms with E-state index < -0.39 is 0 Å². The van der Waals surface area contributed by atoms with E-state index in [4.69, 9.17) is 14.7 Å². The zero-order valence-corrected chi connectivity index (χ0v) is 16.9. The van der Waals surface area contributed by atoms with E-state index in [0.29, 0.717) is 6.54 Å². The van der Waals surface area contributed by atoms with Gasteiger partial charge in [-0.1, -0.05) is 24.3 Å². The normalized spacial score (nSPS) is 12.4. The van der Waals surface area contributed by atoms with Crippen molar-refractivity contribution in [2.75, 3.05) is 7.11 Å². The molecule has 3 heterocycles. The highest BCUT2D eigenvalue weighted by Gasteiger charge is 2.16. The van der Waals surface area contributed by atoms with Gasteiger partial charge in [-0.05, 0) is 30.5 Å². The SMILES string of the molecule is COc1cccc2ccc(CNC(Cc3cccs3)c3nc(C)cs3)nc12. The molecule has 0 amide bonds. The molecule has 4 rings (SSSR count). The van der Waals surface area contributed by atoms with Crippen molar-refractivity contribution in [3.63, 3.8) is 0 Å². The topological polar surface area (TPSA) is 47.0 Å². The third-order valence-electron chi connectivity index (χ3n) is 4.41. The first-order valence-electron chi connectivity index (χ1n) is 8.83. The molecule has 1 aromatic carbocycles. The second kappa shape index (κ2) is 8.17. The summed E-state index contributed by atoms with van der Waals surface area (Å²) in [7, 11) is 1.68. The van der Waals surface area contributed by atoms with Crippen molar-refractivity contribution in [2.24, 2.45) is 0 Å². The van der Waals surface area contributed by atoms with E-state index in [0.717, 1.165) is 39.5 Å². The van der Waals surface area contributed by atoms with Crippen molar-refractivity contribution in [2.45, 2.75) is 25.9 Å². The van der Waals surface area contributed by atoms with E-state index in [9.17, 15) is 0 Å². The van der Waals surface area contributed by atoms with Gasteiger partial charge in [0.15, 0.2) is 0 Å². The van der Waals surface area contributed by atoms with E-state index in [2.05, 4.69) is 46.4 Å². The second-order valence-electron chi connectivity index (χ2n) is 6.38. The van der Waals surface area contributed by atoms with Crippen molar-refractivity contribution in [1.29, 1.82) is 0 Å². The molecule has 3 aromatic heterocycles. The number of fused-ring (bicyclic) bond motifs is 1. The van der Waals surface area contributed by atoms with Crippen LogP contribution in [0.15, 0.2) is 53.2 Å². The molecule has 0 saturated heterocycles. The van der Waals surface area contributed by atoms with Crippen molar-refractivity contribution >= 4 is 33.6 Å². The van der Waals surface area contributed by atoms with Gasteiger partial charge in [0.2, 0.25) is 0 Å². The fourth-order valence-corrected chi connectivity index (χ4v) is 4.68. The lowest BCUT2D eigenvalue weighted by atomic mass is 10.1. The van der Waals surface area contributed by atoms with Crippen LogP contribution in [-0.2, 0) is 13.0 Å². The van der Waals surface area contributed by atoms with Gasteiger partial charge < -0.3 is 10.1 Å². The minimum absolute atomic E-state index is 0.178. The highest BCUT2D eigenvalue weighted by Crippen LogP contribution is 2.26. The Morgan fingerprint density at radius 3 is 2.74 bits per heavy atom. The Balaban J connectivity index is 1.56. The molecule has 0 bridgehead atoms. The number of nitrogens with one attached hydrogen (secondary N) is 1. The van der Waals surface area contributed by atoms with Gasteiger partial charge in [-0.3, -0.25) is 0 Å². The number of hydrogen-bond donors (Lipinski definition) is 1. The summed E-state index contributed by atoms with van der Waals surface area (Å²) in [4.78, 5) is 10.9. The number of pyridine rings is 1. The number of aromatic nitrogens is 2. The van der Waals surface area contributed by atoms with Gasteiger partial charge in [0, 0.05) is 34.3 Å². The van der Waals surface area contributed by atoms with Gasteiger partial charge in [-0.2, -0.15) is 0 Å². The lowest BCUT2D eigenvalue weighted by molar-refractivity contribution is 0.418. The Morgan fingerprint density at radius 2 is 2.00 bits per heavy atom. The maximum atomic E-state index is 5.46. The highest BCUT2D eigenvalue weighted by atomic mass is 32.1. The number of para-hydroxylation sites is 1. The third-order valence-corrected chi connectivity index (χ3v) is 6.39. The van der Waals surface area contributed by atoms with Crippen molar-refractivity contribution < 1.29 is 4.74 Å². The molecule has 1 N–H and O–H groups in total. The lowest BCUT2D eigenvalue weighted by Crippen LogP contribution is -2.23. The van der Waals surface area contributed by atoms with Crippen LogP contribution in [0.25, 0.3) is 10.9 Å². The first-order valence-corrected chi connectivity index (χ1v) is 10.6. The molecule has 4 nitrogen and oxygen atoms in total. The molecule has 6 heteroatoms. The molecule has 27 heavy (non-hydrogen) atoms. The summed E-state index contributed by atoms with van der Waals surface area (Å²) in [5.41, 5.74) is 2.97. The molecule has 0 fully saturated rings. The van der Waals surface area contributed by atoms with Gasteiger partial charge in [0.1, 0.15) is 16.3 Å². The first-order chi connectivity index (χ1) is 13.2. The zero-order chi connectivity index (χ0) is 18.6. The van der Waals surface area contributed by atoms with E-state index in [-0.39, 0.29) is 6.04 Å². The second-order valence-corrected chi connectivity index (χ2v) is 8.30. The number of methoxy groups -OCH3 is 1. The summed E-state index contributed by atoms with van der Waals surface area (Å²) in [6, 6.07) is 14.6. The average molecular weight is 396 g/mol. The molecule has 0 aliphatic rings. The maximum Gasteiger partial charge on any atom is 0.145 e. The predicted octanol–water partition coefficient (Wildman–Crippen LogP) is 5.14. The Hall–Kier alpha value is -2.28. The Bertz CT molecular complexity index is 1030. The maximum absolute atomic E-state index is 5.46. The summed E-state index contributed by atoms with van der Waals surface area (Å²) >= 11 is 3.50. The number of rotatable bonds is 7. The van der Waals surface area contributed by atoms with Crippen LogP contribution in [-0.4, -0.2) is 17.1 Å². The molecule has 0 saturated carbocycles. The van der Waals surface area contributed by atoms with Gasteiger partial charge in [0.05, 0.1) is 18.8 Å².